The van der Waals surface area contributed by atoms with Crippen LogP contribution >= 0.6 is 0 Å². The first-order chi connectivity index (χ1) is 7.21. The molecule has 16 heavy (non-hydrogen) atoms. The van der Waals surface area contributed by atoms with E-state index in [2.05, 4.69) is 0 Å². The largest absolute Gasteiger partial charge is 0.746 e. The SMILES string of the molecule is O=S([O-])([O-])=[S+]CCCCCC[S+]=S(=O)(O)O. The van der Waals surface area contributed by atoms with E-state index in [0.717, 1.165) is 12.8 Å². The molecule has 6 nitrogen and oxygen atoms in total. The lowest BCUT2D eigenvalue weighted by molar-refractivity contribution is 0.415. The van der Waals surface area contributed by atoms with E-state index in [1.165, 1.54) is 0 Å². The van der Waals surface area contributed by atoms with E-state index < -0.39 is 18.1 Å². The molecule has 0 aliphatic rings. The fraction of sp³-hybridized carbons (Fsp3) is 1.00. The molecule has 0 radical (unpaired) electrons. The fourth-order valence-electron chi connectivity index (χ4n) is 0.886. The van der Waals surface area contributed by atoms with E-state index in [1.807, 2.05) is 0 Å². The summed E-state index contributed by atoms with van der Waals surface area (Å²) in [6.45, 7) is 0. The molecule has 0 atom stereocenters. The normalized spacial score (nSPS) is 12.5. The highest BCUT2D eigenvalue weighted by Gasteiger charge is 2.08. The Kier molecular flexibility index (Phi) is 8.10. The second-order valence-corrected chi connectivity index (χ2v) is 9.86. The van der Waals surface area contributed by atoms with Crippen LogP contribution in [0, 0.1) is 0 Å². The van der Waals surface area contributed by atoms with Gasteiger partial charge in [-0.25, -0.2) is 4.21 Å². The van der Waals surface area contributed by atoms with Crippen LogP contribution in [0.5, 0.6) is 0 Å². The average Bonchev–Trinajstić information content (AvgIpc) is 2.06. The summed E-state index contributed by atoms with van der Waals surface area (Å²) >= 11 is 0. The topological polar surface area (TPSA) is 121 Å². The van der Waals surface area contributed by atoms with Crippen LogP contribution in [-0.2, 0) is 38.7 Å². The summed E-state index contributed by atoms with van der Waals surface area (Å²) in [6.07, 6.45) is 2.80. The second-order valence-electron chi connectivity index (χ2n) is 2.91. The smallest absolute Gasteiger partial charge is 0.430 e. The molecular formula is C6H14O6S4. The van der Waals surface area contributed by atoms with Gasteiger partial charge in [0.25, 0.3) is 10.3 Å². The highest BCUT2D eigenvalue weighted by molar-refractivity contribution is 8.34. The van der Waals surface area contributed by atoms with Crippen molar-refractivity contribution in [1.29, 1.82) is 0 Å². The Morgan fingerprint density at radius 3 is 1.69 bits per heavy atom. The van der Waals surface area contributed by atoms with Crippen LogP contribution < -0.4 is 0 Å². The van der Waals surface area contributed by atoms with Gasteiger partial charge in [0.1, 0.15) is 0 Å². The van der Waals surface area contributed by atoms with Crippen LogP contribution in [0.3, 0.4) is 0 Å². The van der Waals surface area contributed by atoms with Gasteiger partial charge in [0.05, 0.1) is 9.05 Å². The lowest BCUT2D eigenvalue weighted by Gasteiger charge is -2.05. The number of hydrogen-bond acceptors (Lipinski definition) is 4. The summed E-state index contributed by atoms with van der Waals surface area (Å²) in [7, 11) is -6.90. The second kappa shape index (κ2) is 7.82. The van der Waals surface area contributed by atoms with Crippen molar-refractivity contribution in [2.75, 3.05) is 11.5 Å². The van der Waals surface area contributed by atoms with Crippen LogP contribution in [0.15, 0.2) is 0 Å². The van der Waals surface area contributed by atoms with Gasteiger partial charge < -0.3 is 9.11 Å². The zero-order chi connectivity index (χ0) is 12.7. The van der Waals surface area contributed by atoms with Gasteiger partial charge in [-0.05, 0) is 12.8 Å². The molecule has 98 valence electrons. The maximum Gasteiger partial charge on any atom is 0.430 e. The number of rotatable bonds is 7. The molecule has 0 bridgehead atoms. The Morgan fingerprint density at radius 2 is 1.31 bits per heavy atom. The Bertz CT molecular complexity index is 359. The first-order valence-electron chi connectivity index (χ1n) is 4.44. The van der Waals surface area contributed by atoms with E-state index in [1.54, 1.807) is 0 Å². The molecule has 0 aliphatic heterocycles. The van der Waals surface area contributed by atoms with Crippen LogP contribution in [-0.4, -0.2) is 38.1 Å². The third-order valence-corrected chi connectivity index (χ3v) is 5.80. The third kappa shape index (κ3) is 14.6. The molecule has 0 fully saturated rings. The van der Waals surface area contributed by atoms with E-state index in [-0.39, 0.29) is 5.75 Å². The number of hydrogen-bond donors (Lipinski definition) is 2. The van der Waals surface area contributed by atoms with E-state index in [9.17, 15) is 17.5 Å². The van der Waals surface area contributed by atoms with Crippen molar-refractivity contribution in [3.05, 3.63) is 0 Å². The molecule has 0 aromatic heterocycles. The third-order valence-electron chi connectivity index (χ3n) is 1.50. The molecule has 0 aliphatic carbocycles. The lowest BCUT2D eigenvalue weighted by Crippen LogP contribution is -2.00. The van der Waals surface area contributed by atoms with E-state index in [0.29, 0.717) is 39.2 Å². The van der Waals surface area contributed by atoms with Gasteiger partial charge in [-0.3, -0.25) is 9.11 Å². The van der Waals surface area contributed by atoms with Gasteiger partial charge in [-0.15, -0.1) is 0 Å². The van der Waals surface area contributed by atoms with Gasteiger partial charge >= 0.3 is 9.05 Å². The summed E-state index contributed by atoms with van der Waals surface area (Å²) in [5.41, 5.74) is 0. The van der Waals surface area contributed by atoms with Gasteiger partial charge in [0, 0.05) is 12.8 Å². The van der Waals surface area contributed by atoms with Crippen molar-refractivity contribution >= 4 is 38.7 Å². The van der Waals surface area contributed by atoms with Gasteiger partial charge in [0.15, 0.2) is 11.5 Å². The monoisotopic (exact) mass is 310 g/mol. The molecule has 0 heterocycles. The first-order valence-corrected chi connectivity index (χ1v) is 10.3. The molecule has 0 rings (SSSR count). The summed E-state index contributed by atoms with van der Waals surface area (Å²) in [4.78, 5) is 0. The zero-order valence-electron chi connectivity index (χ0n) is 8.40. The molecule has 2 N–H and O–H groups in total. The van der Waals surface area contributed by atoms with Crippen molar-refractivity contribution in [3.8, 4) is 0 Å². The first kappa shape index (κ1) is 16.6. The molecule has 0 aromatic carbocycles. The standard InChI is InChI=1S/C6H14O6S4/c7-15(8,9)13-5-3-1-2-4-6-14-16(10,11)12/h1-6H2,(H2-2,7,8,9,10,11,12). The van der Waals surface area contributed by atoms with Crippen LogP contribution in [0.2, 0.25) is 0 Å². The summed E-state index contributed by atoms with van der Waals surface area (Å²) in [5, 5.41) is 0. The van der Waals surface area contributed by atoms with Gasteiger partial charge in [-0.2, -0.15) is 4.21 Å². The molecule has 0 saturated carbocycles. The quantitative estimate of drug-likeness (QED) is 0.516. The van der Waals surface area contributed by atoms with Crippen molar-refractivity contribution < 1.29 is 26.6 Å². The van der Waals surface area contributed by atoms with Gasteiger partial charge in [-0.1, -0.05) is 0 Å². The molecule has 0 saturated heterocycles. The lowest BCUT2D eigenvalue weighted by atomic mass is 10.2. The van der Waals surface area contributed by atoms with Crippen LogP contribution in [0.4, 0.5) is 0 Å². The Morgan fingerprint density at radius 1 is 0.875 bits per heavy atom. The van der Waals surface area contributed by atoms with E-state index in [4.69, 9.17) is 9.11 Å². The van der Waals surface area contributed by atoms with Crippen molar-refractivity contribution in [3.63, 3.8) is 0 Å². The molecule has 0 amide bonds. The number of unbranched alkanes of at least 4 members (excludes halogenated alkanes) is 3. The maximum atomic E-state index is 10.4. The minimum absolute atomic E-state index is 0.274. The maximum absolute atomic E-state index is 10.4. The molecular weight excluding hydrogens is 296 g/mol. The highest BCUT2D eigenvalue weighted by Crippen LogP contribution is 2.00. The summed E-state index contributed by atoms with van der Waals surface area (Å²) in [6, 6.07) is 0. The summed E-state index contributed by atoms with van der Waals surface area (Å²) in [5.74, 6) is 0.647. The van der Waals surface area contributed by atoms with Crippen molar-refractivity contribution in [2.45, 2.75) is 25.7 Å². The average molecular weight is 310 g/mol. The van der Waals surface area contributed by atoms with Crippen LogP contribution in [0.25, 0.3) is 0 Å². The van der Waals surface area contributed by atoms with Gasteiger partial charge in [0.2, 0.25) is 10.3 Å². The van der Waals surface area contributed by atoms with Crippen molar-refractivity contribution in [2.24, 2.45) is 0 Å². The predicted molar refractivity (Wildman–Crippen MR) is 66.0 cm³/mol. The molecule has 10 heteroatoms. The molecule has 0 spiro atoms. The fourth-order valence-corrected chi connectivity index (χ4v) is 3.92. The minimum atomic E-state index is -4.18. The molecule has 0 unspecified atom stereocenters. The Hall–Kier alpha value is 0.580. The summed E-state index contributed by atoms with van der Waals surface area (Å²) < 4.78 is 58.0. The Balaban J connectivity index is 3.50. The Labute approximate surface area is 102 Å². The van der Waals surface area contributed by atoms with E-state index >= 15 is 0 Å². The highest BCUT2D eigenvalue weighted by atomic mass is 32.9. The molecule has 0 aromatic rings. The predicted octanol–water partition coefficient (Wildman–Crippen LogP) is 0.318. The zero-order valence-corrected chi connectivity index (χ0v) is 11.7. The van der Waals surface area contributed by atoms with Crippen molar-refractivity contribution in [1.82, 2.24) is 0 Å². The minimum Gasteiger partial charge on any atom is -0.746 e. The van der Waals surface area contributed by atoms with Crippen LogP contribution in [0.1, 0.15) is 25.7 Å².